The Bertz CT molecular complexity index is 913. The number of nitrogens with zero attached hydrogens (tertiary/aromatic N) is 3. The number of piperidine rings is 1. The Morgan fingerprint density at radius 2 is 1.58 bits per heavy atom. The molecular weight excluding hydrogens is 442 g/mol. The first kappa shape index (κ1) is 25.8. The van der Waals surface area contributed by atoms with Gasteiger partial charge < -0.3 is 14.4 Å². The molecule has 8 nitrogen and oxygen atoms in total. The number of carbonyl (C=O) groups is 1. The van der Waals surface area contributed by atoms with Crippen molar-refractivity contribution in [2.75, 3.05) is 60.0 Å². The zero-order chi connectivity index (χ0) is 24.2. The molecule has 3 rings (SSSR count). The number of hydrogen-bond donors (Lipinski definition) is 0. The maximum absolute atomic E-state index is 13.1. The molecule has 33 heavy (non-hydrogen) atoms. The summed E-state index contributed by atoms with van der Waals surface area (Å²) in [6, 6.07) is 4.63. The van der Waals surface area contributed by atoms with Gasteiger partial charge in [0.2, 0.25) is 15.9 Å². The fraction of sp³-hybridized carbons (Fsp3) is 0.708. The van der Waals surface area contributed by atoms with Crippen molar-refractivity contribution in [1.29, 1.82) is 0 Å². The Morgan fingerprint density at radius 3 is 2.12 bits per heavy atom. The smallest absolute Gasteiger partial charge is 0.243 e. The van der Waals surface area contributed by atoms with E-state index in [2.05, 4.69) is 25.7 Å². The fourth-order valence-corrected chi connectivity index (χ4v) is 5.90. The van der Waals surface area contributed by atoms with Crippen molar-refractivity contribution in [3.8, 4) is 11.5 Å². The summed E-state index contributed by atoms with van der Waals surface area (Å²) in [5.41, 5.74) is 0.318. The molecule has 1 aromatic carbocycles. The number of benzene rings is 1. The van der Waals surface area contributed by atoms with E-state index in [9.17, 15) is 13.2 Å². The number of rotatable bonds is 7. The summed E-state index contributed by atoms with van der Waals surface area (Å²) in [7, 11) is -0.658. The SMILES string of the molecule is COc1ccc(S(=O)(=O)N2CCC(C(=O)N3CCN(CCC(C)(C)C)CC3)CC2)cc1OC. The third kappa shape index (κ3) is 6.39. The molecule has 0 aromatic heterocycles. The molecule has 2 aliphatic rings. The van der Waals surface area contributed by atoms with Gasteiger partial charge in [0.25, 0.3) is 0 Å². The van der Waals surface area contributed by atoms with Crippen LogP contribution in [0.4, 0.5) is 0 Å². The van der Waals surface area contributed by atoms with E-state index in [0.717, 1.165) is 39.1 Å². The first-order chi connectivity index (χ1) is 15.5. The summed E-state index contributed by atoms with van der Waals surface area (Å²) in [4.78, 5) is 17.7. The monoisotopic (exact) mass is 481 g/mol. The van der Waals surface area contributed by atoms with Gasteiger partial charge in [-0.05, 0) is 43.4 Å². The van der Waals surface area contributed by atoms with Crippen LogP contribution in [-0.4, -0.2) is 88.5 Å². The second-order valence-corrected chi connectivity index (χ2v) is 12.1. The normalized spacial score (nSPS) is 19.5. The molecule has 0 unspecified atom stereocenters. The summed E-state index contributed by atoms with van der Waals surface area (Å²) in [5.74, 6) is 0.932. The molecule has 0 atom stereocenters. The van der Waals surface area contributed by atoms with E-state index in [1.54, 1.807) is 6.07 Å². The van der Waals surface area contributed by atoms with Gasteiger partial charge in [-0.3, -0.25) is 9.69 Å². The van der Waals surface area contributed by atoms with E-state index in [1.807, 2.05) is 4.90 Å². The van der Waals surface area contributed by atoms with Gasteiger partial charge in [0.1, 0.15) is 0 Å². The lowest BCUT2D eigenvalue weighted by Crippen LogP contribution is -2.52. The van der Waals surface area contributed by atoms with Crippen molar-refractivity contribution in [3.05, 3.63) is 18.2 Å². The van der Waals surface area contributed by atoms with Crippen LogP contribution in [0.2, 0.25) is 0 Å². The standard InChI is InChI=1S/C24H39N3O5S/c1-24(2,3)10-13-25-14-16-26(17-15-25)23(28)19-8-11-27(12-9-19)33(29,30)20-6-7-21(31-4)22(18-20)32-5/h6-7,18-19H,8-17H2,1-5H3. The molecule has 0 N–H and O–H groups in total. The molecule has 1 amide bonds. The van der Waals surface area contributed by atoms with Crippen molar-refractivity contribution >= 4 is 15.9 Å². The van der Waals surface area contributed by atoms with E-state index >= 15 is 0 Å². The van der Waals surface area contributed by atoms with Crippen molar-refractivity contribution in [2.45, 2.75) is 44.9 Å². The average Bonchev–Trinajstić information content (AvgIpc) is 2.81. The highest BCUT2D eigenvalue weighted by Crippen LogP contribution is 2.32. The van der Waals surface area contributed by atoms with Crippen molar-refractivity contribution in [2.24, 2.45) is 11.3 Å². The molecule has 0 spiro atoms. The van der Waals surface area contributed by atoms with Gasteiger partial charge >= 0.3 is 0 Å². The highest BCUT2D eigenvalue weighted by atomic mass is 32.2. The van der Waals surface area contributed by atoms with Crippen LogP contribution in [0, 0.1) is 11.3 Å². The Hall–Kier alpha value is -1.84. The molecular formula is C24H39N3O5S. The maximum atomic E-state index is 13.1. The Kier molecular flexibility index (Phi) is 8.29. The molecule has 2 fully saturated rings. The zero-order valence-corrected chi connectivity index (χ0v) is 21.5. The second kappa shape index (κ2) is 10.6. The van der Waals surface area contributed by atoms with E-state index in [1.165, 1.54) is 30.7 Å². The Labute approximate surface area is 198 Å². The topological polar surface area (TPSA) is 79.4 Å². The average molecular weight is 482 g/mol. The first-order valence-corrected chi connectivity index (χ1v) is 13.2. The van der Waals surface area contributed by atoms with E-state index < -0.39 is 10.0 Å². The van der Waals surface area contributed by atoms with Crippen LogP contribution >= 0.6 is 0 Å². The molecule has 2 aliphatic heterocycles. The van der Waals surface area contributed by atoms with E-state index in [0.29, 0.717) is 42.8 Å². The van der Waals surface area contributed by atoms with Crippen LogP contribution in [0.15, 0.2) is 23.1 Å². The van der Waals surface area contributed by atoms with Gasteiger partial charge in [0.05, 0.1) is 19.1 Å². The van der Waals surface area contributed by atoms with Crippen molar-refractivity contribution in [3.63, 3.8) is 0 Å². The minimum absolute atomic E-state index is 0.108. The van der Waals surface area contributed by atoms with E-state index in [4.69, 9.17) is 9.47 Å². The summed E-state index contributed by atoms with van der Waals surface area (Å²) >= 11 is 0. The van der Waals surface area contributed by atoms with Gasteiger partial charge in [-0.1, -0.05) is 20.8 Å². The quantitative estimate of drug-likeness (QED) is 0.596. The highest BCUT2D eigenvalue weighted by molar-refractivity contribution is 7.89. The van der Waals surface area contributed by atoms with Crippen molar-refractivity contribution in [1.82, 2.24) is 14.1 Å². The lowest BCUT2D eigenvalue weighted by atomic mass is 9.92. The zero-order valence-electron chi connectivity index (χ0n) is 20.7. The lowest BCUT2D eigenvalue weighted by molar-refractivity contribution is -0.138. The van der Waals surface area contributed by atoms with E-state index in [-0.39, 0.29) is 16.7 Å². The number of sulfonamides is 1. The molecule has 2 heterocycles. The number of methoxy groups -OCH3 is 2. The Balaban J connectivity index is 1.53. The summed E-state index contributed by atoms with van der Waals surface area (Å²) in [5, 5.41) is 0. The molecule has 1 aromatic rings. The summed E-state index contributed by atoms with van der Waals surface area (Å²) in [6.07, 6.45) is 2.25. The number of amides is 1. The number of ether oxygens (including phenoxy) is 2. The highest BCUT2D eigenvalue weighted by Gasteiger charge is 2.35. The van der Waals surface area contributed by atoms with Crippen LogP contribution in [0.1, 0.15) is 40.0 Å². The minimum Gasteiger partial charge on any atom is -0.493 e. The van der Waals surface area contributed by atoms with Crippen LogP contribution in [0.25, 0.3) is 0 Å². The Morgan fingerprint density at radius 1 is 0.970 bits per heavy atom. The second-order valence-electron chi connectivity index (χ2n) is 10.2. The maximum Gasteiger partial charge on any atom is 0.243 e. The van der Waals surface area contributed by atoms with Crippen molar-refractivity contribution < 1.29 is 22.7 Å². The lowest BCUT2D eigenvalue weighted by Gasteiger charge is -2.39. The van der Waals surface area contributed by atoms with Gasteiger partial charge in [-0.15, -0.1) is 0 Å². The minimum atomic E-state index is -3.65. The molecule has 186 valence electrons. The number of hydrogen-bond acceptors (Lipinski definition) is 6. The molecule has 9 heteroatoms. The van der Waals surface area contributed by atoms with Gasteiger partial charge in [0, 0.05) is 51.3 Å². The first-order valence-electron chi connectivity index (χ1n) is 11.8. The third-order valence-corrected chi connectivity index (χ3v) is 8.55. The molecule has 0 aliphatic carbocycles. The number of piperazine rings is 1. The molecule has 2 saturated heterocycles. The molecule has 0 radical (unpaired) electrons. The van der Waals surface area contributed by atoms with Gasteiger partial charge in [-0.2, -0.15) is 4.31 Å². The van der Waals surface area contributed by atoms with Gasteiger partial charge in [0.15, 0.2) is 11.5 Å². The summed E-state index contributed by atoms with van der Waals surface area (Å²) < 4.78 is 38.2. The predicted molar refractivity (Wildman–Crippen MR) is 128 cm³/mol. The molecule has 0 bridgehead atoms. The van der Waals surface area contributed by atoms with Crippen LogP contribution in [-0.2, 0) is 14.8 Å². The third-order valence-electron chi connectivity index (χ3n) is 6.66. The van der Waals surface area contributed by atoms with Crippen LogP contribution < -0.4 is 9.47 Å². The summed E-state index contributed by atoms with van der Waals surface area (Å²) in [6.45, 7) is 11.9. The van der Waals surface area contributed by atoms with Crippen LogP contribution in [0.3, 0.4) is 0 Å². The fourth-order valence-electron chi connectivity index (χ4n) is 4.41. The molecule has 0 saturated carbocycles. The van der Waals surface area contributed by atoms with Crippen LogP contribution in [0.5, 0.6) is 11.5 Å². The number of carbonyl (C=O) groups excluding carboxylic acids is 1. The van der Waals surface area contributed by atoms with Gasteiger partial charge in [-0.25, -0.2) is 8.42 Å². The predicted octanol–water partition coefficient (Wildman–Crippen LogP) is 2.68. The largest absolute Gasteiger partial charge is 0.493 e.